The molecule has 2 aliphatic rings. The van der Waals surface area contributed by atoms with E-state index in [1.165, 1.54) is 215 Å². The predicted molar refractivity (Wildman–Crippen MR) is 183 cm³/mol. The highest BCUT2D eigenvalue weighted by atomic mass is 32.3. The molecular formula is C36H76N2O4S. The largest absolute Gasteiger partial charge is 0.759 e. The minimum Gasteiger partial charge on any atom is -0.759 e. The molecule has 2 heterocycles. The Morgan fingerprint density at radius 3 is 0.860 bits per heavy atom. The highest BCUT2D eigenvalue weighted by Crippen LogP contribution is 2.19. The molecule has 0 amide bonds. The summed E-state index contributed by atoms with van der Waals surface area (Å²) < 4.78 is 36.8. The lowest BCUT2D eigenvalue weighted by Crippen LogP contribution is -2.48. The number of nitrogens with zero attached hydrogens (tertiary/aromatic N) is 2. The second-order valence-electron chi connectivity index (χ2n) is 14.5. The standard InChI is InChI=1S/2C18H38N.H2O4S/c2*1-3-4-5-6-7-8-9-10-11-13-16-19(2)17-14-12-15-18-19;1-5(2,3)4/h2*3-18H2,1-2H3;(H2,1,2,3,4)/q2*+1;/p-2. The van der Waals surface area contributed by atoms with E-state index in [-0.39, 0.29) is 0 Å². The van der Waals surface area contributed by atoms with E-state index in [9.17, 15) is 0 Å². The van der Waals surface area contributed by atoms with E-state index in [2.05, 4.69) is 27.9 Å². The third-order valence-electron chi connectivity index (χ3n) is 9.89. The van der Waals surface area contributed by atoms with Crippen molar-refractivity contribution in [3.05, 3.63) is 0 Å². The molecule has 2 fully saturated rings. The first-order valence-electron chi connectivity index (χ1n) is 18.9. The van der Waals surface area contributed by atoms with Crippen molar-refractivity contribution < 1.29 is 26.5 Å². The van der Waals surface area contributed by atoms with Crippen molar-refractivity contribution in [1.29, 1.82) is 0 Å². The third kappa shape index (κ3) is 31.6. The fraction of sp³-hybridized carbons (Fsp3) is 1.00. The number of hydrogen-bond acceptors (Lipinski definition) is 4. The molecule has 0 aliphatic carbocycles. The Balaban J connectivity index is 0.000000709. The lowest BCUT2D eigenvalue weighted by atomic mass is 10.0. The van der Waals surface area contributed by atoms with Gasteiger partial charge in [-0.25, -0.2) is 0 Å². The van der Waals surface area contributed by atoms with Gasteiger partial charge in [0.05, 0.1) is 53.4 Å². The second-order valence-corrected chi connectivity index (χ2v) is 15.3. The quantitative estimate of drug-likeness (QED) is 0.0515. The van der Waals surface area contributed by atoms with Gasteiger partial charge in [-0.3, -0.25) is 8.42 Å². The topological polar surface area (TPSA) is 80.3 Å². The van der Waals surface area contributed by atoms with Crippen molar-refractivity contribution in [2.24, 2.45) is 0 Å². The summed E-state index contributed by atoms with van der Waals surface area (Å²) >= 11 is 0. The number of hydrogen-bond donors (Lipinski definition) is 0. The van der Waals surface area contributed by atoms with Crippen LogP contribution in [0, 0.1) is 0 Å². The minimum absolute atomic E-state index is 1.37. The molecule has 0 aromatic carbocycles. The van der Waals surface area contributed by atoms with E-state index >= 15 is 0 Å². The fourth-order valence-corrected chi connectivity index (χ4v) is 6.96. The van der Waals surface area contributed by atoms with Gasteiger partial charge >= 0.3 is 0 Å². The van der Waals surface area contributed by atoms with Gasteiger partial charge in [0.1, 0.15) is 0 Å². The number of likely N-dealkylation sites (tertiary alicyclic amines) is 2. The summed E-state index contributed by atoms with van der Waals surface area (Å²) in [6.45, 7) is 13.2. The van der Waals surface area contributed by atoms with Gasteiger partial charge < -0.3 is 18.1 Å². The lowest BCUT2D eigenvalue weighted by molar-refractivity contribution is -0.914. The molecule has 2 rings (SSSR count). The highest BCUT2D eigenvalue weighted by molar-refractivity contribution is 7.79. The molecule has 0 saturated carbocycles. The first kappa shape index (κ1) is 42.8. The molecule has 43 heavy (non-hydrogen) atoms. The minimum atomic E-state index is -5.17. The maximum absolute atomic E-state index is 8.52. The molecule has 0 N–H and O–H groups in total. The van der Waals surface area contributed by atoms with Gasteiger partial charge in [-0.2, -0.15) is 0 Å². The van der Waals surface area contributed by atoms with Crippen LogP contribution in [0.1, 0.15) is 181 Å². The normalized spacial score (nSPS) is 17.8. The van der Waals surface area contributed by atoms with E-state index in [1.54, 1.807) is 0 Å². The van der Waals surface area contributed by atoms with Gasteiger partial charge in [-0.15, -0.1) is 0 Å². The average Bonchev–Trinajstić information content (AvgIpc) is 2.95. The highest BCUT2D eigenvalue weighted by Gasteiger charge is 2.24. The summed E-state index contributed by atoms with van der Waals surface area (Å²) in [5, 5.41) is 0. The Morgan fingerprint density at radius 1 is 0.419 bits per heavy atom. The van der Waals surface area contributed by atoms with Gasteiger partial charge in [-0.1, -0.05) is 117 Å². The van der Waals surface area contributed by atoms with E-state index in [0.717, 1.165) is 0 Å². The molecule has 0 radical (unpaired) electrons. The Bertz CT molecular complexity index is 637. The van der Waals surface area contributed by atoms with Crippen molar-refractivity contribution in [2.45, 2.75) is 181 Å². The third-order valence-corrected chi connectivity index (χ3v) is 9.89. The summed E-state index contributed by atoms with van der Waals surface area (Å²) in [6, 6.07) is 0. The number of piperidine rings is 2. The van der Waals surface area contributed by atoms with Crippen LogP contribution in [0.5, 0.6) is 0 Å². The van der Waals surface area contributed by atoms with Crippen molar-refractivity contribution in [3.8, 4) is 0 Å². The number of rotatable bonds is 22. The summed E-state index contributed by atoms with van der Waals surface area (Å²) in [7, 11) is -0.209. The summed E-state index contributed by atoms with van der Waals surface area (Å²) in [5.74, 6) is 0. The van der Waals surface area contributed by atoms with Crippen LogP contribution in [-0.2, 0) is 10.4 Å². The molecule has 2 aliphatic heterocycles. The van der Waals surface area contributed by atoms with Crippen LogP contribution in [0.3, 0.4) is 0 Å². The fourth-order valence-electron chi connectivity index (χ4n) is 6.96. The van der Waals surface area contributed by atoms with Crippen molar-refractivity contribution in [2.75, 3.05) is 53.4 Å². The maximum atomic E-state index is 8.52. The van der Waals surface area contributed by atoms with Crippen LogP contribution >= 0.6 is 0 Å². The Hall–Kier alpha value is -0.210. The van der Waals surface area contributed by atoms with Gasteiger partial charge in [0.2, 0.25) is 0 Å². The SMILES string of the molecule is CCCCCCCCCCCC[N+]1(C)CCCCC1.CCCCCCCCCCCC[N+]1(C)CCCCC1.O=S(=O)([O-])[O-]. The molecule has 0 bridgehead atoms. The van der Waals surface area contributed by atoms with E-state index < -0.39 is 10.4 Å². The van der Waals surface area contributed by atoms with Gasteiger partial charge in [-0.05, 0) is 64.2 Å². The zero-order chi connectivity index (χ0) is 32.1. The number of unbranched alkanes of at least 4 members (excludes halogenated alkanes) is 18. The van der Waals surface area contributed by atoms with Gasteiger partial charge in [0, 0.05) is 10.4 Å². The van der Waals surface area contributed by atoms with Crippen molar-refractivity contribution >= 4 is 10.4 Å². The molecule has 0 aromatic heterocycles. The van der Waals surface area contributed by atoms with Crippen molar-refractivity contribution in [1.82, 2.24) is 0 Å². The van der Waals surface area contributed by atoms with Gasteiger partial charge in [0.15, 0.2) is 0 Å². The summed E-state index contributed by atoms with van der Waals surface area (Å²) in [4.78, 5) is 0. The van der Waals surface area contributed by atoms with Gasteiger partial charge in [0.25, 0.3) is 0 Å². The van der Waals surface area contributed by atoms with Crippen LogP contribution in [0.15, 0.2) is 0 Å². The summed E-state index contributed by atoms with van der Waals surface area (Å²) in [5.41, 5.74) is 0. The molecule has 0 atom stereocenters. The van der Waals surface area contributed by atoms with E-state index in [4.69, 9.17) is 17.5 Å². The van der Waals surface area contributed by atoms with Crippen LogP contribution < -0.4 is 0 Å². The van der Waals surface area contributed by atoms with Crippen LogP contribution in [0.4, 0.5) is 0 Å². The van der Waals surface area contributed by atoms with Crippen LogP contribution in [0.25, 0.3) is 0 Å². The Morgan fingerprint density at radius 2 is 0.628 bits per heavy atom. The molecule has 6 nitrogen and oxygen atoms in total. The molecule has 2 saturated heterocycles. The first-order chi connectivity index (χ1) is 20.5. The summed E-state index contributed by atoms with van der Waals surface area (Å²) in [6.07, 6.45) is 38.1. The monoisotopic (exact) mass is 633 g/mol. The molecule has 0 unspecified atom stereocenters. The van der Waals surface area contributed by atoms with Crippen molar-refractivity contribution in [3.63, 3.8) is 0 Å². The maximum Gasteiger partial charge on any atom is 0.0784 e. The predicted octanol–water partition coefficient (Wildman–Crippen LogP) is 9.74. The van der Waals surface area contributed by atoms with E-state index in [0.29, 0.717) is 0 Å². The van der Waals surface area contributed by atoms with E-state index in [1.807, 2.05) is 0 Å². The molecule has 7 heteroatoms. The average molecular weight is 633 g/mol. The smallest absolute Gasteiger partial charge is 0.0784 e. The zero-order valence-electron chi connectivity index (χ0n) is 29.6. The molecule has 0 spiro atoms. The zero-order valence-corrected chi connectivity index (χ0v) is 30.4. The second kappa shape index (κ2) is 28.0. The number of quaternary nitrogens is 2. The molecule has 0 aromatic rings. The van der Waals surface area contributed by atoms with Crippen LogP contribution in [0.2, 0.25) is 0 Å². The first-order valence-corrected chi connectivity index (χ1v) is 20.2. The molecular weight excluding hydrogens is 556 g/mol. The Kier molecular flexibility index (Phi) is 27.9. The lowest BCUT2D eigenvalue weighted by Gasteiger charge is -2.37. The Labute approximate surface area is 270 Å². The van der Waals surface area contributed by atoms with Crippen LogP contribution in [-0.4, -0.2) is 79.9 Å². The molecule has 260 valence electrons.